The van der Waals surface area contributed by atoms with E-state index < -0.39 is 17.9 Å². The Bertz CT molecular complexity index is 169. The molecule has 0 aliphatic heterocycles. The molecule has 5 heteroatoms. The molecule has 70 valence electrons. The molecule has 0 spiro atoms. The van der Waals surface area contributed by atoms with E-state index in [-0.39, 0.29) is 6.42 Å². The van der Waals surface area contributed by atoms with Gasteiger partial charge in [-0.2, -0.15) is 11.8 Å². The molecular weight excluding hydrogens is 180 g/mol. The highest BCUT2D eigenvalue weighted by Crippen LogP contribution is 2.12. The third-order valence-corrected chi connectivity index (χ3v) is 2.08. The van der Waals surface area contributed by atoms with E-state index in [0.29, 0.717) is 12.2 Å². The SMILES string of the molecule is CSCCC(CC(=O)O)C(=O)O. The van der Waals surface area contributed by atoms with Crippen LogP contribution in [-0.4, -0.2) is 34.2 Å². The number of carbonyl (C=O) groups is 2. The fourth-order valence-corrected chi connectivity index (χ4v) is 1.30. The molecule has 2 N–H and O–H groups in total. The van der Waals surface area contributed by atoms with Gasteiger partial charge in [-0.05, 0) is 18.4 Å². The normalized spacial score (nSPS) is 12.4. The highest BCUT2D eigenvalue weighted by Gasteiger charge is 2.19. The summed E-state index contributed by atoms with van der Waals surface area (Å²) in [5, 5.41) is 16.9. The van der Waals surface area contributed by atoms with E-state index in [2.05, 4.69) is 0 Å². The van der Waals surface area contributed by atoms with E-state index in [9.17, 15) is 9.59 Å². The Kier molecular flexibility index (Phi) is 5.53. The summed E-state index contributed by atoms with van der Waals surface area (Å²) in [5.74, 6) is -2.13. The van der Waals surface area contributed by atoms with Gasteiger partial charge in [0.1, 0.15) is 0 Å². The van der Waals surface area contributed by atoms with E-state index in [1.807, 2.05) is 6.26 Å². The van der Waals surface area contributed by atoms with Crippen LogP contribution in [0.2, 0.25) is 0 Å². The number of rotatable bonds is 6. The average molecular weight is 192 g/mol. The molecule has 0 saturated carbocycles. The van der Waals surface area contributed by atoms with Gasteiger partial charge in [0.25, 0.3) is 0 Å². The zero-order chi connectivity index (χ0) is 9.56. The quantitative estimate of drug-likeness (QED) is 0.654. The maximum atomic E-state index is 10.5. The molecule has 0 amide bonds. The van der Waals surface area contributed by atoms with E-state index in [1.54, 1.807) is 0 Å². The molecule has 0 heterocycles. The lowest BCUT2D eigenvalue weighted by Crippen LogP contribution is -2.18. The Hall–Kier alpha value is -0.710. The van der Waals surface area contributed by atoms with Crippen LogP contribution in [0.5, 0.6) is 0 Å². The highest BCUT2D eigenvalue weighted by atomic mass is 32.2. The summed E-state index contributed by atoms with van der Waals surface area (Å²) in [5.41, 5.74) is 0. The number of hydrogen-bond donors (Lipinski definition) is 2. The van der Waals surface area contributed by atoms with Crippen LogP contribution in [0.1, 0.15) is 12.8 Å². The van der Waals surface area contributed by atoms with Crippen molar-refractivity contribution in [3.63, 3.8) is 0 Å². The molecule has 0 aliphatic carbocycles. The van der Waals surface area contributed by atoms with Gasteiger partial charge in [-0.1, -0.05) is 0 Å². The number of hydrogen-bond acceptors (Lipinski definition) is 3. The van der Waals surface area contributed by atoms with Gasteiger partial charge in [-0.3, -0.25) is 9.59 Å². The molecule has 0 aromatic carbocycles. The van der Waals surface area contributed by atoms with Crippen LogP contribution in [0.4, 0.5) is 0 Å². The molecule has 12 heavy (non-hydrogen) atoms. The van der Waals surface area contributed by atoms with Crippen molar-refractivity contribution in [1.82, 2.24) is 0 Å². The third-order valence-electron chi connectivity index (χ3n) is 1.44. The van der Waals surface area contributed by atoms with Crippen molar-refractivity contribution in [2.45, 2.75) is 12.8 Å². The summed E-state index contributed by atoms with van der Waals surface area (Å²) in [6.07, 6.45) is 2.00. The van der Waals surface area contributed by atoms with Gasteiger partial charge < -0.3 is 10.2 Å². The van der Waals surface area contributed by atoms with Crippen molar-refractivity contribution < 1.29 is 19.8 Å². The fraction of sp³-hybridized carbons (Fsp3) is 0.714. The van der Waals surface area contributed by atoms with Crippen molar-refractivity contribution in [3.8, 4) is 0 Å². The first-order valence-corrected chi connectivity index (χ1v) is 4.90. The van der Waals surface area contributed by atoms with Crippen LogP contribution in [0.3, 0.4) is 0 Å². The predicted octanol–water partition coefficient (Wildman–Crippen LogP) is 0.915. The van der Waals surface area contributed by atoms with Gasteiger partial charge in [0.15, 0.2) is 0 Å². The molecule has 1 atom stereocenters. The Labute approximate surface area is 75.0 Å². The van der Waals surface area contributed by atoms with Gasteiger partial charge in [0, 0.05) is 0 Å². The largest absolute Gasteiger partial charge is 0.481 e. The smallest absolute Gasteiger partial charge is 0.307 e. The molecule has 0 radical (unpaired) electrons. The minimum Gasteiger partial charge on any atom is -0.481 e. The minimum absolute atomic E-state index is 0.282. The molecule has 0 fully saturated rings. The van der Waals surface area contributed by atoms with Gasteiger partial charge in [0.05, 0.1) is 12.3 Å². The van der Waals surface area contributed by atoms with Crippen LogP contribution >= 0.6 is 11.8 Å². The Morgan fingerprint density at radius 1 is 1.42 bits per heavy atom. The number of carboxylic acids is 2. The predicted molar refractivity (Wildman–Crippen MR) is 46.4 cm³/mol. The maximum Gasteiger partial charge on any atom is 0.307 e. The number of aliphatic carboxylic acids is 2. The molecule has 0 bridgehead atoms. The molecule has 0 saturated heterocycles. The second-order valence-corrected chi connectivity index (χ2v) is 3.40. The lowest BCUT2D eigenvalue weighted by Gasteiger charge is -2.07. The molecular formula is C7H12O4S. The lowest BCUT2D eigenvalue weighted by atomic mass is 10.0. The maximum absolute atomic E-state index is 10.5. The average Bonchev–Trinajstić information content (AvgIpc) is 1.96. The molecule has 0 aromatic heterocycles. The van der Waals surface area contributed by atoms with Gasteiger partial charge in [-0.15, -0.1) is 0 Å². The van der Waals surface area contributed by atoms with Crippen molar-refractivity contribution in [2.75, 3.05) is 12.0 Å². The second-order valence-electron chi connectivity index (χ2n) is 2.41. The number of thioether (sulfide) groups is 1. The Balaban J connectivity index is 3.87. The first-order chi connectivity index (χ1) is 5.57. The van der Waals surface area contributed by atoms with Crippen molar-refractivity contribution >= 4 is 23.7 Å². The van der Waals surface area contributed by atoms with E-state index in [4.69, 9.17) is 10.2 Å². The summed E-state index contributed by atoms with van der Waals surface area (Å²) in [7, 11) is 0. The van der Waals surface area contributed by atoms with Gasteiger partial charge >= 0.3 is 11.9 Å². The van der Waals surface area contributed by atoms with Crippen LogP contribution in [0, 0.1) is 5.92 Å². The monoisotopic (exact) mass is 192 g/mol. The standard InChI is InChI=1S/C7H12O4S/c1-12-3-2-5(7(10)11)4-6(8)9/h5H,2-4H2,1H3,(H,8,9)(H,10,11). The zero-order valence-electron chi connectivity index (χ0n) is 6.82. The molecule has 0 rings (SSSR count). The van der Waals surface area contributed by atoms with Crippen LogP contribution < -0.4 is 0 Å². The van der Waals surface area contributed by atoms with Crippen LogP contribution in [-0.2, 0) is 9.59 Å². The fourth-order valence-electron chi connectivity index (χ4n) is 0.784. The molecule has 1 unspecified atom stereocenters. The van der Waals surface area contributed by atoms with E-state index >= 15 is 0 Å². The first-order valence-electron chi connectivity index (χ1n) is 3.51. The third kappa shape index (κ3) is 5.01. The zero-order valence-corrected chi connectivity index (χ0v) is 7.63. The summed E-state index contributed by atoms with van der Waals surface area (Å²) < 4.78 is 0. The van der Waals surface area contributed by atoms with Gasteiger partial charge in [-0.25, -0.2) is 0 Å². The van der Waals surface area contributed by atoms with Crippen LogP contribution in [0.25, 0.3) is 0 Å². The molecule has 0 aromatic rings. The lowest BCUT2D eigenvalue weighted by molar-refractivity contribution is -0.148. The van der Waals surface area contributed by atoms with Crippen LogP contribution in [0.15, 0.2) is 0 Å². The minimum atomic E-state index is -1.05. The summed E-state index contributed by atoms with van der Waals surface area (Å²) in [6.45, 7) is 0. The Morgan fingerprint density at radius 2 is 2.00 bits per heavy atom. The second kappa shape index (κ2) is 5.88. The van der Waals surface area contributed by atoms with Crippen molar-refractivity contribution in [3.05, 3.63) is 0 Å². The summed E-state index contributed by atoms with van der Waals surface area (Å²) >= 11 is 1.52. The highest BCUT2D eigenvalue weighted by molar-refractivity contribution is 7.98. The van der Waals surface area contributed by atoms with Gasteiger partial charge in [0.2, 0.25) is 0 Å². The molecule has 4 nitrogen and oxygen atoms in total. The van der Waals surface area contributed by atoms with E-state index in [0.717, 1.165) is 0 Å². The number of carboxylic acid groups (broad SMARTS) is 2. The van der Waals surface area contributed by atoms with Crippen molar-refractivity contribution in [1.29, 1.82) is 0 Å². The summed E-state index contributed by atoms with van der Waals surface area (Å²) in [4.78, 5) is 20.7. The molecule has 0 aliphatic rings. The topological polar surface area (TPSA) is 74.6 Å². The summed E-state index contributed by atoms with van der Waals surface area (Å²) in [6, 6.07) is 0. The van der Waals surface area contributed by atoms with Crippen molar-refractivity contribution in [2.24, 2.45) is 5.92 Å². The Morgan fingerprint density at radius 3 is 2.33 bits per heavy atom. The first kappa shape index (κ1) is 11.3. The van der Waals surface area contributed by atoms with E-state index in [1.165, 1.54) is 11.8 Å².